The van der Waals surface area contributed by atoms with Crippen LogP contribution in [-0.2, 0) is 46.4 Å². The number of thiol groups is 1. The predicted octanol–water partition coefficient (Wildman–Crippen LogP) is 7.18. The third-order valence-electron chi connectivity index (χ3n) is 8.88. The molecule has 10 nitrogen and oxygen atoms in total. The van der Waals surface area contributed by atoms with Crippen LogP contribution < -0.4 is 9.47 Å². The van der Waals surface area contributed by atoms with E-state index in [4.69, 9.17) is 42.6 Å². The minimum atomic E-state index is -0.462. The van der Waals surface area contributed by atoms with E-state index < -0.39 is 6.10 Å². The van der Waals surface area contributed by atoms with Gasteiger partial charge in [-0.1, -0.05) is 45.0 Å². The SMILES string of the molecule is CC(C)(S)C1OCCO1.COc1ccc(COC[C@H](C)[C@@H]2O[C@H]2C)cc1.COc1ccc(COC[C@H](C)[C@H](O)[C@@H](C)SC(C)(C)C2OCCO2)cc1. The van der Waals surface area contributed by atoms with Gasteiger partial charge in [0.1, 0.15) is 11.5 Å². The van der Waals surface area contributed by atoms with Crippen molar-refractivity contribution in [1.82, 2.24) is 0 Å². The molecule has 0 spiro atoms. The lowest BCUT2D eigenvalue weighted by Crippen LogP contribution is -2.39. The number of methoxy groups -OCH3 is 2. The van der Waals surface area contributed by atoms with Crippen molar-refractivity contribution in [1.29, 1.82) is 0 Å². The molecule has 3 aliphatic heterocycles. The van der Waals surface area contributed by atoms with E-state index in [0.717, 1.165) is 23.7 Å². The van der Waals surface area contributed by atoms with Crippen LogP contribution in [-0.4, -0.2) is 105 Å². The molecular weight excluding hydrogens is 705 g/mol. The number of benzene rings is 2. The number of hydrogen-bond acceptors (Lipinski definition) is 12. The van der Waals surface area contributed by atoms with Crippen LogP contribution in [0, 0.1) is 11.8 Å². The first-order chi connectivity index (χ1) is 24.6. The van der Waals surface area contributed by atoms with Gasteiger partial charge in [0, 0.05) is 17.1 Å². The zero-order valence-corrected chi connectivity index (χ0v) is 34.6. The normalized spacial score (nSPS) is 21.6. The van der Waals surface area contributed by atoms with Crippen molar-refractivity contribution in [2.45, 2.75) is 114 Å². The van der Waals surface area contributed by atoms with Crippen molar-refractivity contribution in [3.63, 3.8) is 0 Å². The van der Waals surface area contributed by atoms with Gasteiger partial charge in [0.2, 0.25) is 0 Å². The van der Waals surface area contributed by atoms with Crippen molar-refractivity contribution in [2.75, 3.05) is 53.9 Å². The molecule has 2 aromatic carbocycles. The highest BCUT2D eigenvalue weighted by atomic mass is 32.2. The zero-order valence-electron chi connectivity index (χ0n) is 32.9. The summed E-state index contributed by atoms with van der Waals surface area (Å²) in [5, 5.41) is 10.7. The predicted molar refractivity (Wildman–Crippen MR) is 210 cm³/mol. The maximum Gasteiger partial charge on any atom is 0.171 e. The summed E-state index contributed by atoms with van der Waals surface area (Å²) in [4.78, 5) is 0. The van der Waals surface area contributed by atoms with E-state index in [1.165, 1.54) is 5.56 Å². The summed E-state index contributed by atoms with van der Waals surface area (Å²) in [6, 6.07) is 15.8. The highest BCUT2D eigenvalue weighted by Crippen LogP contribution is 2.38. The second kappa shape index (κ2) is 22.1. The fourth-order valence-corrected chi connectivity index (χ4v) is 7.52. The molecule has 0 saturated carbocycles. The Morgan fingerprint density at radius 2 is 1.17 bits per heavy atom. The van der Waals surface area contributed by atoms with E-state index >= 15 is 0 Å². The second-order valence-electron chi connectivity index (χ2n) is 14.7. The number of ether oxygens (including phenoxy) is 9. The summed E-state index contributed by atoms with van der Waals surface area (Å²) in [6.45, 7) is 21.6. The molecular formula is C40H64O10S2. The average Bonchev–Trinajstić information content (AvgIpc) is 3.51. The zero-order chi connectivity index (χ0) is 38.3. The van der Waals surface area contributed by atoms with E-state index in [0.29, 0.717) is 64.4 Å². The van der Waals surface area contributed by atoms with Crippen LogP contribution in [0.4, 0.5) is 0 Å². The number of hydrogen-bond donors (Lipinski definition) is 2. The van der Waals surface area contributed by atoms with Gasteiger partial charge >= 0.3 is 0 Å². The lowest BCUT2D eigenvalue weighted by molar-refractivity contribution is -0.0617. The molecule has 12 heteroatoms. The number of thioether (sulfide) groups is 1. The molecule has 6 atom stereocenters. The Kier molecular flexibility index (Phi) is 19.0. The van der Waals surface area contributed by atoms with E-state index in [2.05, 4.69) is 40.3 Å². The smallest absolute Gasteiger partial charge is 0.171 e. The van der Waals surface area contributed by atoms with Gasteiger partial charge in [-0.05, 0) is 70.0 Å². The van der Waals surface area contributed by atoms with Crippen LogP contribution in [0.3, 0.4) is 0 Å². The number of aliphatic hydroxyl groups is 1. The summed E-state index contributed by atoms with van der Waals surface area (Å²) >= 11 is 6.00. The van der Waals surface area contributed by atoms with Crippen molar-refractivity contribution in [3.05, 3.63) is 59.7 Å². The first-order valence-electron chi connectivity index (χ1n) is 18.3. The molecule has 0 unspecified atom stereocenters. The molecule has 0 amide bonds. The Bertz CT molecular complexity index is 1240. The number of rotatable bonds is 17. The van der Waals surface area contributed by atoms with Crippen molar-refractivity contribution in [3.8, 4) is 11.5 Å². The fourth-order valence-electron chi connectivity index (χ4n) is 5.75. The number of aliphatic hydroxyl groups excluding tert-OH is 1. The first kappa shape index (κ1) is 44.8. The highest BCUT2D eigenvalue weighted by Gasteiger charge is 2.39. The average molecular weight is 769 g/mol. The molecule has 0 aromatic heterocycles. The Morgan fingerprint density at radius 3 is 1.56 bits per heavy atom. The molecule has 0 aliphatic carbocycles. The van der Waals surface area contributed by atoms with Crippen LogP contribution in [0.5, 0.6) is 11.5 Å². The first-order valence-corrected chi connectivity index (χ1v) is 19.6. The minimum Gasteiger partial charge on any atom is -0.497 e. The van der Waals surface area contributed by atoms with Gasteiger partial charge in [-0.15, -0.1) is 11.8 Å². The van der Waals surface area contributed by atoms with E-state index in [1.807, 2.05) is 76.2 Å². The van der Waals surface area contributed by atoms with Gasteiger partial charge in [-0.2, -0.15) is 12.6 Å². The van der Waals surface area contributed by atoms with Crippen molar-refractivity contribution >= 4 is 24.4 Å². The topological polar surface area (TPSA) is 107 Å². The van der Waals surface area contributed by atoms with Gasteiger partial charge in [-0.25, -0.2) is 0 Å². The minimum absolute atomic E-state index is 0.0389. The van der Waals surface area contributed by atoms with E-state index in [-0.39, 0.29) is 33.2 Å². The summed E-state index contributed by atoms with van der Waals surface area (Å²) in [6.07, 6.45) is 0.00149. The molecule has 296 valence electrons. The van der Waals surface area contributed by atoms with E-state index in [9.17, 15) is 5.11 Å². The molecule has 3 fully saturated rings. The van der Waals surface area contributed by atoms with Gasteiger partial charge in [0.15, 0.2) is 12.6 Å². The van der Waals surface area contributed by atoms with Gasteiger partial charge < -0.3 is 47.7 Å². The second-order valence-corrected chi connectivity index (χ2v) is 17.9. The molecule has 5 rings (SSSR count). The quantitative estimate of drug-likeness (QED) is 0.126. The third-order valence-corrected chi connectivity index (χ3v) is 10.5. The Hall–Kier alpha value is -1.58. The van der Waals surface area contributed by atoms with Gasteiger partial charge in [0.05, 0.1) is 94.9 Å². The standard InChI is InChI=1S/C20H32O5S.C14H20O3.C6H12O2S/c1-14(12-23-13-16-6-8-17(22-5)9-7-16)18(21)15(2)26-20(3,4)19-24-10-11-25-19;1-10(14-11(2)17-14)8-16-9-12-4-6-13(15-3)7-5-12;1-6(2,9)5-7-3-4-8-5/h6-9,14-15,18-19,21H,10-13H2,1-5H3;4-7,10-11,14H,8-9H2,1-3H3;5,9H,3-4H2,1-2H3/t14-,15+,18-;10-,11-,14-;/m00./s1. The molecule has 3 saturated heterocycles. The highest BCUT2D eigenvalue weighted by molar-refractivity contribution is 8.01. The van der Waals surface area contributed by atoms with Crippen LogP contribution in [0.1, 0.15) is 66.5 Å². The Morgan fingerprint density at radius 1 is 0.750 bits per heavy atom. The Balaban J connectivity index is 0.000000238. The molecule has 52 heavy (non-hydrogen) atoms. The third kappa shape index (κ3) is 15.6. The van der Waals surface area contributed by atoms with Crippen LogP contribution in [0.2, 0.25) is 0 Å². The summed E-state index contributed by atoms with van der Waals surface area (Å²) in [7, 11) is 3.32. The lowest BCUT2D eigenvalue weighted by atomic mass is 10.0. The molecule has 3 heterocycles. The van der Waals surface area contributed by atoms with Gasteiger partial charge in [0.25, 0.3) is 0 Å². The lowest BCUT2D eigenvalue weighted by Gasteiger charge is -2.34. The summed E-state index contributed by atoms with van der Waals surface area (Å²) in [5.41, 5.74) is 2.26. The maximum atomic E-state index is 10.7. The molecule has 0 bridgehead atoms. The fraction of sp³-hybridized carbons (Fsp3) is 0.700. The monoisotopic (exact) mass is 768 g/mol. The van der Waals surface area contributed by atoms with Crippen molar-refractivity contribution < 1.29 is 47.7 Å². The number of epoxide rings is 1. The molecule has 0 radical (unpaired) electrons. The summed E-state index contributed by atoms with van der Waals surface area (Å²) in [5.74, 6) is 2.23. The van der Waals surface area contributed by atoms with Crippen LogP contribution in [0.15, 0.2) is 48.5 Å². The molecule has 3 aliphatic rings. The van der Waals surface area contributed by atoms with Gasteiger partial charge in [-0.3, -0.25) is 0 Å². The largest absolute Gasteiger partial charge is 0.497 e. The maximum absolute atomic E-state index is 10.7. The summed E-state index contributed by atoms with van der Waals surface area (Å²) < 4.78 is 48.5. The molecule has 2 aromatic rings. The van der Waals surface area contributed by atoms with Crippen LogP contribution in [0.25, 0.3) is 0 Å². The van der Waals surface area contributed by atoms with E-state index in [1.54, 1.807) is 26.0 Å². The van der Waals surface area contributed by atoms with Crippen molar-refractivity contribution in [2.24, 2.45) is 11.8 Å². The molecule has 1 N–H and O–H groups in total. The Labute approximate surface area is 322 Å². The van der Waals surface area contributed by atoms with Crippen LogP contribution >= 0.6 is 24.4 Å².